The maximum absolute atomic E-state index is 11.4. The van der Waals surface area contributed by atoms with Gasteiger partial charge in [-0.2, -0.15) is 0 Å². The van der Waals surface area contributed by atoms with Crippen LogP contribution >= 0.6 is 15.9 Å². The molecule has 1 aromatic carbocycles. The molecule has 1 heterocycles. The Kier molecular flexibility index (Phi) is 3.28. The minimum absolute atomic E-state index is 0.144. The van der Waals surface area contributed by atoms with E-state index < -0.39 is 5.97 Å². The summed E-state index contributed by atoms with van der Waals surface area (Å²) in [5, 5.41) is 0. The summed E-state index contributed by atoms with van der Waals surface area (Å²) in [5.74, 6) is 0.0409. The fourth-order valence-corrected chi connectivity index (χ4v) is 1.66. The Hall–Kier alpha value is -1.62. The Labute approximate surface area is 107 Å². The zero-order chi connectivity index (χ0) is 12.4. The van der Waals surface area contributed by atoms with Crippen molar-refractivity contribution >= 4 is 21.9 Å². The fraction of sp³-hybridized carbons (Fsp3) is 0.167. The minimum atomic E-state index is -0.515. The molecular formula is C12H10BrNO3. The molecule has 0 aliphatic rings. The number of carbonyl (C=O) groups is 1. The van der Waals surface area contributed by atoms with Gasteiger partial charge in [-0.1, -0.05) is 15.9 Å². The summed E-state index contributed by atoms with van der Waals surface area (Å²) < 4.78 is 11.0. The lowest BCUT2D eigenvalue weighted by Gasteiger charge is -1.95. The van der Waals surface area contributed by atoms with E-state index in [1.54, 1.807) is 6.92 Å². The lowest BCUT2D eigenvalue weighted by Crippen LogP contribution is -2.00. The number of rotatable bonds is 2. The summed E-state index contributed by atoms with van der Waals surface area (Å²) in [6, 6.07) is 7.48. The van der Waals surface area contributed by atoms with Crippen molar-refractivity contribution in [3.63, 3.8) is 0 Å². The lowest BCUT2D eigenvalue weighted by atomic mass is 10.2. The van der Waals surface area contributed by atoms with Gasteiger partial charge in [-0.05, 0) is 31.2 Å². The van der Waals surface area contributed by atoms with Gasteiger partial charge in [0.2, 0.25) is 11.7 Å². The highest BCUT2D eigenvalue weighted by molar-refractivity contribution is 9.10. The molecule has 17 heavy (non-hydrogen) atoms. The molecule has 4 nitrogen and oxygen atoms in total. The van der Waals surface area contributed by atoms with Gasteiger partial charge in [-0.15, -0.1) is 0 Å². The molecule has 0 bridgehead atoms. The van der Waals surface area contributed by atoms with Gasteiger partial charge in [0.1, 0.15) is 0 Å². The van der Waals surface area contributed by atoms with E-state index in [0.29, 0.717) is 11.6 Å². The summed E-state index contributed by atoms with van der Waals surface area (Å²) in [5.41, 5.74) is 1.33. The van der Waals surface area contributed by atoms with E-state index in [-0.39, 0.29) is 5.76 Å². The molecular weight excluding hydrogens is 286 g/mol. The quantitative estimate of drug-likeness (QED) is 0.799. The maximum Gasteiger partial charge on any atom is 0.375 e. The Balaban J connectivity index is 2.41. The maximum atomic E-state index is 11.4. The Morgan fingerprint density at radius 2 is 2.00 bits per heavy atom. The molecule has 0 amide bonds. The van der Waals surface area contributed by atoms with Crippen LogP contribution in [0.4, 0.5) is 0 Å². The van der Waals surface area contributed by atoms with Gasteiger partial charge in [0.25, 0.3) is 0 Å². The number of aryl methyl sites for hydroxylation is 1. The molecule has 0 atom stereocenters. The van der Waals surface area contributed by atoms with E-state index in [9.17, 15) is 4.79 Å². The van der Waals surface area contributed by atoms with Crippen LogP contribution in [0.15, 0.2) is 33.2 Å². The third kappa shape index (κ3) is 2.39. The number of benzene rings is 1. The van der Waals surface area contributed by atoms with Gasteiger partial charge in [0, 0.05) is 10.0 Å². The largest absolute Gasteiger partial charge is 0.463 e. The third-order valence-electron chi connectivity index (χ3n) is 2.26. The molecule has 0 radical (unpaired) electrons. The van der Waals surface area contributed by atoms with Crippen LogP contribution < -0.4 is 0 Å². The number of halogens is 1. The highest BCUT2D eigenvalue weighted by Gasteiger charge is 2.18. The Morgan fingerprint density at radius 3 is 2.59 bits per heavy atom. The molecule has 0 N–H and O–H groups in total. The lowest BCUT2D eigenvalue weighted by molar-refractivity contribution is 0.0565. The van der Waals surface area contributed by atoms with Crippen molar-refractivity contribution < 1.29 is 13.9 Å². The summed E-state index contributed by atoms with van der Waals surface area (Å²) in [4.78, 5) is 15.6. The first kappa shape index (κ1) is 11.9. The SMILES string of the molecule is COC(=O)c1oc(-c2ccc(Br)cc2)nc1C. The van der Waals surface area contributed by atoms with Crippen molar-refractivity contribution in [3.05, 3.63) is 40.2 Å². The Morgan fingerprint density at radius 1 is 1.35 bits per heavy atom. The predicted molar refractivity (Wildman–Crippen MR) is 65.7 cm³/mol. The molecule has 2 rings (SSSR count). The number of aromatic nitrogens is 1. The molecule has 88 valence electrons. The third-order valence-corrected chi connectivity index (χ3v) is 2.79. The number of hydrogen-bond acceptors (Lipinski definition) is 4. The predicted octanol–water partition coefficient (Wildman–Crippen LogP) is 3.20. The first-order valence-electron chi connectivity index (χ1n) is 4.93. The number of ether oxygens (including phenoxy) is 1. The monoisotopic (exact) mass is 295 g/mol. The number of nitrogens with zero attached hydrogens (tertiary/aromatic N) is 1. The number of carbonyl (C=O) groups excluding carboxylic acids is 1. The molecule has 0 saturated heterocycles. The van der Waals surface area contributed by atoms with Crippen LogP contribution in [0, 0.1) is 6.92 Å². The van der Waals surface area contributed by atoms with Gasteiger partial charge in [-0.3, -0.25) is 0 Å². The van der Waals surface area contributed by atoms with Gasteiger partial charge in [0.15, 0.2) is 0 Å². The van der Waals surface area contributed by atoms with Crippen LogP contribution in [0.5, 0.6) is 0 Å². The van der Waals surface area contributed by atoms with Crippen molar-refractivity contribution in [1.82, 2.24) is 4.98 Å². The van der Waals surface area contributed by atoms with Crippen LogP contribution in [0.1, 0.15) is 16.2 Å². The first-order valence-corrected chi connectivity index (χ1v) is 5.73. The van der Waals surface area contributed by atoms with E-state index in [0.717, 1.165) is 10.0 Å². The van der Waals surface area contributed by atoms with Gasteiger partial charge in [0.05, 0.1) is 12.8 Å². The first-order chi connectivity index (χ1) is 8.11. The molecule has 2 aromatic rings. The zero-order valence-corrected chi connectivity index (χ0v) is 10.9. The summed E-state index contributed by atoms with van der Waals surface area (Å²) >= 11 is 3.35. The number of esters is 1. The van der Waals surface area contributed by atoms with Gasteiger partial charge >= 0.3 is 5.97 Å². The molecule has 0 fully saturated rings. The average Bonchev–Trinajstić information content (AvgIpc) is 2.71. The van der Waals surface area contributed by atoms with Crippen LogP contribution in [0.2, 0.25) is 0 Å². The smallest absolute Gasteiger partial charge is 0.375 e. The molecule has 5 heteroatoms. The van der Waals surface area contributed by atoms with Gasteiger partial charge < -0.3 is 9.15 Å². The normalized spacial score (nSPS) is 10.3. The van der Waals surface area contributed by atoms with Crippen molar-refractivity contribution in [1.29, 1.82) is 0 Å². The highest BCUT2D eigenvalue weighted by Crippen LogP contribution is 2.23. The second kappa shape index (κ2) is 4.71. The van der Waals surface area contributed by atoms with Crippen LogP contribution in [0.3, 0.4) is 0 Å². The fourth-order valence-electron chi connectivity index (χ4n) is 1.39. The van der Waals surface area contributed by atoms with Crippen molar-refractivity contribution in [2.45, 2.75) is 6.92 Å². The molecule has 0 unspecified atom stereocenters. The molecule has 0 spiro atoms. The van der Waals surface area contributed by atoms with E-state index in [1.165, 1.54) is 7.11 Å². The Bertz CT molecular complexity index is 545. The van der Waals surface area contributed by atoms with Crippen molar-refractivity contribution in [2.75, 3.05) is 7.11 Å². The number of hydrogen-bond donors (Lipinski definition) is 0. The van der Waals surface area contributed by atoms with E-state index in [2.05, 4.69) is 25.7 Å². The van der Waals surface area contributed by atoms with Crippen LogP contribution in [-0.4, -0.2) is 18.1 Å². The summed E-state index contributed by atoms with van der Waals surface area (Å²) in [7, 11) is 1.31. The number of methoxy groups -OCH3 is 1. The zero-order valence-electron chi connectivity index (χ0n) is 9.36. The van der Waals surface area contributed by atoms with Crippen molar-refractivity contribution in [3.8, 4) is 11.5 Å². The second-order valence-electron chi connectivity index (χ2n) is 3.43. The van der Waals surface area contributed by atoms with Crippen LogP contribution in [0.25, 0.3) is 11.5 Å². The second-order valence-corrected chi connectivity index (χ2v) is 4.35. The van der Waals surface area contributed by atoms with Crippen LogP contribution in [-0.2, 0) is 4.74 Å². The average molecular weight is 296 g/mol. The summed E-state index contributed by atoms with van der Waals surface area (Å²) in [6.07, 6.45) is 0. The topological polar surface area (TPSA) is 52.3 Å². The molecule has 1 aromatic heterocycles. The molecule has 0 aliphatic carbocycles. The minimum Gasteiger partial charge on any atom is -0.463 e. The summed E-state index contributed by atoms with van der Waals surface area (Å²) in [6.45, 7) is 1.71. The molecule has 0 aliphatic heterocycles. The van der Waals surface area contributed by atoms with E-state index in [1.807, 2.05) is 24.3 Å². The van der Waals surface area contributed by atoms with E-state index >= 15 is 0 Å². The van der Waals surface area contributed by atoms with E-state index in [4.69, 9.17) is 4.42 Å². The standard InChI is InChI=1S/C12H10BrNO3/c1-7-10(12(15)16-2)17-11(14-7)8-3-5-9(13)6-4-8/h3-6H,1-2H3. The number of oxazole rings is 1. The highest BCUT2D eigenvalue weighted by atomic mass is 79.9. The molecule has 0 saturated carbocycles. The van der Waals surface area contributed by atoms with Crippen molar-refractivity contribution in [2.24, 2.45) is 0 Å². The van der Waals surface area contributed by atoms with Gasteiger partial charge in [-0.25, -0.2) is 9.78 Å².